The normalized spacial score (nSPS) is 24.7. The Morgan fingerprint density at radius 2 is 2.30 bits per heavy atom. The Balaban J connectivity index is 1.99. The SMILES string of the molecule is C/C=C/CCCCC1=C(C)C(=O)N2CC/C(=N\O)[C@H]2O1. The Bertz CT molecular complexity index is 466. The van der Waals surface area contributed by atoms with Gasteiger partial charge < -0.3 is 9.94 Å². The van der Waals surface area contributed by atoms with Crippen LogP contribution in [0.2, 0.25) is 0 Å². The molecular formula is C15H22N2O3. The zero-order valence-corrected chi connectivity index (χ0v) is 12.1. The molecule has 1 fully saturated rings. The maximum atomic E-state index is 12.3. The number of fused-ring (bicyclic) bond motifs is 1. The van der Waals surface area contributed by atoms with E-state index in [-0.39, 0.29) is 5.91 Å². The summed E-state index contributed by atoms with van der Waals surface area (Å²) in [7, 11) is 0. The van der Waals surface area contributed by atoms with Crippen molar-refractivity contribution in [2.45, 2.75) is 52.2 Å². The van der Waals surface area contributed by atoms with Gasteiger partial charge in [0.1, 0.15) is 11.5 Å². The van der Waals surface area contributed by atoms with Crippen LogP contribution in [-0.2, 0) is 9.53 Å². The van der Waals surface area contributed by atoms with Crippen LogP contribution in [0.25, 0.3) is 0 Å². The van der Waals surface area contributed by atoms with Gasteiger partial charge >= 0.3 is 0 Å². The monoisotopic (exact) mass is 278 g/mol. The van der Waals surface area contributed by atoms with Gasteiger partial charge in [0, 0.05) is 19.4 Å². The lowest BCUT2D eigenvalue weighted by Gasteiger charge is -2.32. The second-order valence-electron chi connectivity index (χ2n) is 5.17. The minimum absolute atomic E-state index is 0.00311. The number of ether oxygens (including phenoxy) is 1. The molecule has 0 unspecified atom stereocenters. The van der Waals surface area contributed by atoms with Crippen LogP contribution in [0.3, 0.4) is 0 Å². The second-order valence-corrected chi connectivity index (χ2v) is 5.17. The van der Waals surface area contributed by atoms with Crippen LogP contribution in [0.4, 0.5) is 0 Å². The molecule has 0 aromatic rings. The molecule has 0 aromatic heterocycles. The number of unbranched alkanes of at least 4 members (excludes halogenated alkanes) is 2. The summed E-state index contributed by atoms with van der Waals surface area (Å²) in [6.07, 6.45) is 8.15. The minimum atomic E-state index is -0.498. The lowest BCUT2D eigenvalue weighted by Crippen LogP contribution is -2.44. The molecule has 1 N–H and O–H groups in total. The second kappa shape index (κ2) is 6.59. The highest BCUT2D eigenvalue weighted by molar-refractivity contribution is 6.01. The molecule has 2 aliphatic rings. The summed E-state index contributed by atoms with van der Waals surface area (Å²) in [4.78, 5) is 13.9. The summed E-state index contributed by atoms with van der Waals surface area (Å²) >= 11 is 0. The van der Waals surface area contributed by atoms with Crippen molar-refractivity contribution in [2.75, 3.05) is 6.54 Å². The van der Waals surface area contributed by atoms with E-state index in [4.69, 9.17) is 9.94 Å². The van der Waals surface area contributed by atoms with Crippen molar-refractivity contribution >= 4 is 11.6 Å². The summed E-state index contributed by atoms with van der Waals surface area (Å²) in [5.41, 5.74) is 1.23. The smallest absolute Gasteiger partial charge is 0.256 e. The molecule has 2 aliphatic heterocycles. The largest absolute Gasteiger partial charge is 0.469 e. The van der Waals surface area contributed by atoms with Crippen LogP contribution in [0.1, 0.15) is 46.0 Å². The van der Waals surface area contributed by atoms with Gasteiger partial charge in [0.25, 0.3) is 5.91 Å². The first-order chi connectivity index (χ1) is 9.69. The maximum absolute atomic E-state index is 12.3. The molecule has 2 heterocycles. The van der Waals surface area contributed by atoms with Gasteiger partial charge in [-0.15, -0.1) is 0 Å². The van der Waals surface area contributed by atoms with Crippen molar-refractivity contribution in [3.63, 3.8) is 0 Å². The number of amides is 1. The highest BCUT2D eigenvalue weighted by Crippen LogP contribution is 2.30. The third-order valence-electron chi connectivity index (χ3n) is 3.82. The maximum Gasteiger partial charge on any atom is 0.256 e. The molecule has 0 radical (unpaired) electrons. The highest BCUT2D eigenvalue weighted by atomic mass is 16.5. The van der Waals surface area contributed by atoms with E-state index in [2.05, 4.69) is 11.2 Å². The fourth-order valence-corrected chi connectivity index (χ4v) is 2.61. The van der Waals surface area contributed by atoms with Crippen LogP contribution in [0.15, 0.2) is 28.6 Å². The van der Waals surface area contributed by atoms with Crippen molar-refractivity contribution in [3.05, 3.63) is 23.5 Å². The van der Waals surface area contributed by atoms with Gasteiger partial charge in [0.2, 0.25) is 6.23 Å². The summed E-state index contributed by atoms with van der Waals surface area (Å²) in [5, 5.41) is 12.2. The number of rotatable bonds is 5. The van der Waals surface area contributed by atoms with Crippen molar-refractivity contribution < 1.29 is 14.7 Å². The molecule has 0 aromatic carbocycles. The predicted octanol–water partition coefficient (Wildman–Crippen LogP) is 2.82. The number of allylic oxidation sites excluding steroid dienone is 3. The number of hydrogen-bond donors (Lipinski definition) is 1. The zero-order valence-electron chi connectivity index (χ0n) is 12.1. The topological polar surface area (TPSA) is 62.1 Å². The van der Waals surface area contributed by atoms with E-state index >= 15 is 0 Å². The third-order valence-corrected chi connectivity index (χ3v) is 3.82. The van der Waals surface area contributed by atoms with Crippen molar-refractivity contribution in [1.29, 1.82) is 0 Å². The minimum Gasteiger partial charge on any atom is -0.469 e. The number of carbonyl (C=O) groups excluding carboxylic acids is 1. The van der Waals surface area contributed by atoms with Gasteiger partial charge in [-0.2, -0.15) is 0 Å². The first-order valence-electron chi connectivity index (χ1n) is 7.18. The Morgan fingerprint density at radius 3 is 3.00 bits per heavy atom. The Kier molecular flexibility index (Phi) is 4.82. The average Bonchev–Trinajstić information content (AvgIpc) is 2.86. The Hall–Kier alpha value is -1.78. The molecule has 0 saturated carbocycles. The van der Waals surface area contributed by atoms with Crippen LogP contribution in [0, 0.1) is 0 Å². The molecule has 20 heavy (non-hydrogen) atoms. The highest BCUT2D eigenvalue weighted by Gasteiger charge is 2.41. The van der Waals surface area contributed by atoms with Crippen LogP contribution in [-0.4, -0.2) is 34.5 Å². The molecule has 0 aliphatic carbocycles. The molecule has 1 atom stereocenters. The first-order valence-corrected chi connectivity index (χ1v) is 7.18. The van der Waals surface area contributed by atoms with E-state index < -0.39 is 6.23 Å². The summed E-state index contributed by atoms with van der Waals surface area (Å²) in [6.45, 7) is 4.39. The fourth-order valence-electron chi connectivity index (χ4n) is 2.61. The number of carbonyl (C=O) groups is 1. The van der Waals surface area contributed by atoms with Gasteiger partial charge in [0.05, 0.1) is 5.57 Å². The van der Waals surface area contributed by atoms with Crippen molar-refractivity contribution in [1.82, 2.24) is 4.90 Å². The van der Waals surface area contributed by atoms with E-state index in [0.717, 1.165) is 31.4 Å². The number of nitrogens with zero attached hydrogens (tertiary/aromatic N) is 2. The van der Waals surface area contributed by atoms with Gasteiger partial charge in [-0.3, -0.25) is 9.69 Å². The van der Waals surface area contributed by atoms with E-state index in [1.807, 2.05) is 19.9 Å². The average molecular weight is 278 g/mol. The lowest BCUT2D eigenvalue weighted by molar-refractivity contribution is -0.136. The van der Waals surface area contributed by atoms with Crippen LogP contribution >= 0.6 is 0 Å². The summed E-state index contributed by atoms with van der Waals surface area (Å²) in [5.74, 6) is 0.753. The summed E-state index contributed by atoms with van der Waals surface area (Å²) < 4.78 is 5.88. The standard InChI is InChI=1S/C15H22N2O3/c1-3-4-5-6-7-8-13-11(2)14(18)17-10-9-12(16-19)15(17)20-13/h3-4,15,19H,5-10H2,1-2H3/b4-3+,16-12+/t15-/m1/s1. The van der Waals surface area contributed by atoms with E-state index in [1.165, 1.54) is 0 Å². The molecular weight excluding hydrogens is 256 g/mol. The predicted molar refractivity (Wildman–Crippen MR) is 76.4 cm³/mol. The first kappa shape index (κ1) is 14.6. The Morgan fingerprint density at radius 1 is 1.50 bits per heavy atom. The summed E-state index contributed by atoms with van der Waals surface area (Å²) in [6, 6.07) is 0. The Labute approximate surface area is 119 Å². The molecule has 1 amide bonds. The van der Waals surface area contributed by atoms with Crippen molar-refractivity contribution in [2.24, 2.45) is 5.16 Å². The van der Waals surface area contributed by atoms with E-state index in [0.29, 0.717) is 24.3 Å². The van der Waals surface area contributed by atoms with Gasteiger partial charge in [-0.05, 0) is 33.1 Å². The van der Waals surface area contributed by atoms with Crippen LogP contribution in [0.5, 0.6) is 0 Å². The number of hydrogen-bond acceptors (Lipinski definition) is 4. The lowest BCUT2D eigenvalue weighted by atomic mass is 10.1. The molecule has 110 valence electrons. The fraction of sp³-hybridized carbons (Fsp3) is 0.600. The van der Waals surface area contributed by atoms with Gasteiger partial charge in [-0.25, -0.2) is 0 Å². The van der Waals surface area contributed by atoms with Gasteiger partial charge in [0.15, 0.2) is 0 Å². The quantitative estimate of drug-likeness (QED) is 0.364. The molecule has 1 saturated heterocycles. The molecule has 0 bridgehead atoms. The number of oxime groups is 1. The van der Waals surface area contributed by atoms with E-state index in [1.54, 1.807) is 4.90 Å². The van der Waals surface area contributed by atoms with Gasteiger partial charge in [-0.1, -0.05) is 17.3 Å². The molecule has 5 heteroatoms. The van der Waals surface area contributed by atoms with Crippen molar-refractivity contribution in [3.8, 4) is 0 Å². The van der Waals surface area contributed by atoms with E-state index in [9.17, 15) is 4.79 Å². The molecule has 2 rings (SSSR count). The van der Waals surface area contributed by atoms with Crippen LogP contribution < -0.4 is 0 Å². The molecule has 0 spiro atoms. The molecule has 5 nitrogen and oxygen atoms in total. The zero-order chi connectivity index (χ0) is 14.5. The third kappa shape index (κ3) is 2.86.